The number of aryl methyl sites for hydroxylation is 2. The van der Waals surface area contributed by atoms with E-state index < -0.39 is 0 Å². The summed E-state index contributed by atoms with van der Waals surface area (Å²) in [5.41, 5.74) is 3.05. The first kappa shape index (κ1) is 16.6. The predicted molar refractivity (Wildman–Crippen MR) is 88.7 cm³/mol. The van der Waals surface area contributed by atoms with Gasteiger partial charge in [-0.15, -0.1) is 0 Å². The van der Waals surface area contributed by atoms with Crippen LogP contribution in [0.15, 0.2) is 12.4 Å². The molecule has 0 aromatic carbocycles. The van der Waals surface area contributed by atoms with Gasteiger partial charge < -0.3 is 14.6 Å². The number of aromatic nitrogens is 1. The highest BCUT2D eigenvalue weighted by Gasteiger charge is 2.21. The Labute approximate surface area is 130 Å². The largest absolute Gasteiger partial charge is 0.379 e. The molecule has 0 spiro atoms. The molecular weight excluding hydrogens is 260 g/mol. The minimum absolute atomic E-state index is 0.0402. The fourth-order valence-corrected chi connectivity index (χ4v) is 3.08. The number of methoxy groups -OCH3 is 1. The van der Waals surface area contributed by atoms with Crippen LogP contribution in [0.3, 0.4) is 0 Å². The summed E-state index contributed by atoms with van der Waals surface area (Å²) in [6.07, 6.45) is 12.2. The molecule has 1 aliphatic carbocycles. The molecule has 1 aromatic rings. The molecule has 0 bridgehead atoms. The third kappa shape index (κ3) is 4.58. The molecular formula is C18H32N2O. The normalized spacial score (nSPS) is 19.3. The van der Waals surface area contributed by atoms with E-state index in [1.807, 2.05) is 0 Å². The van der Waals surface area contributed by atoms with Crippen LogP contribution in [-0.2, 0) is 17.7 Å². The zero-order chi connectivity index (χ0) is 15.3. The number of nitrogens with one attached hydrogen (secondary N) is 1. The standard InChI is InChI=1S/C18H32N2O/c1-5-11-19-17-9-7-6-8-15-13-20(14-16(15)17)12-10-18(2,3)21-4/h13-14,17,19H,5-12H2,1-4H3. The molecule has 0 fully saturated rings. The number of ether oxygens (including phenoxy) is 1. The van der Waals surface area contributed by atoms with Gasteiger partial charge in [-0.3, -0.25) is 0 Å². The average molecular weight is 292 g/mol. The fourth-order valence-electron chi connectivity index (χ4n) is 3.08. The minimum atomic E-state index is -0.0402. The van der Waals surface area contributed by atoms with Crippen molar-refractivity contribution in [3.8, 4) is 0 Å². The molecule has 3 nitrogen and oxygen atoms in total. The summed E-state index contributed by atoms with van der Waals surface area (Å²) in [4.78, 5) is 0. The second-order valence-corrected chi connectivity index (χ2v) is 6.94. The van der Waals surface area contributed by atoms with Crippen LogP contribution in [0.5, 0.6) is 0 Å². The number of nitrogens with zero attached hydrogens (tertiary/aromatic N) is 1. The molecule has 0 saturated heterocycles. The van der Waals surface area contributed by atoms with Gasteiger partial charge >= 0.3 is 0 Å². The molecule has 1 atom stereocenters. The number of fused-ring (bicyclic) bond motifs is 1. The lowest BCUT2D eigenvalue weighted by atomic mass is 10.0. The first-order valence-electron chi connectivity index (χ1n) is 8.53. The van der Waals surface area contributed by atoms with Crippen molar-refractivity contribution in [3.63, 3.8) is 0 Å². The molecule has 1 aromatic heterocycles. The maximum Gasteiger partial charge on any atom is 0.0639 e. The van der Waals surface area contributed by atoms with Crippen LogP contribution in [0.25, 0.3) is 0 Å². The summed E-state index contributed by atoms with van der Waals surface area (Å²) in [5.74, 6) is 0. The van der Waals surface area contributed by atoms with E-state index >= 15 is 0 Å². The highest BCUT2D eigenvalue weighted by molar-refractivity contribution is 5.29. The maximum atomic E-state index is 5.53. The maximum absolute atomic E-state index is 5.53. The molecule has 1 unspecified atom stereocenters. The first-order valence-corrected chi connectivity index (χ1v) is 8.53. The predicted octanol–water partition coefficient (Wildman–Crippen LogP) is 4.07. The summed E-state index contributed by atoms with van der Waals surface area (Å²) in [6, 6.07) is 0.555. The number of hydrogen-bond acceptors (Lipinski definition) is 2. The third-order valence-corrected chi connectivity index (χ3v) is 4.73. The molecule has 0 radical (unpaired) electrons. The third-order valence-electron chi connectivity index (χ3n) is 4.73. The van der Waals surface area contributed by atoms with E-state index in [0.29, 0.717) is 6.04 Å². The number of hydrogen-bond donors (Lipinski definition) is 1. The van der Waals surface area contributed by atoms with Gasteiger partial charge in [0.15, 0.2) is 0 Å². The van der Waals surface area contributed by atoms with Gasteiger partial charge in [0.2, 0.25) is 0 Å². The summed E-state index contributed by atoms with van der Waals surface area (Å²) >= 11 is 0. The molecule has 3 heteroatoms. The summed E-state index contributed by atoms with van der Waals surface area (Å²) in [7, 11) is 1.80. The van der Waals surface area contributed by atoms with Gasteiger partial charge in [0.1, 0.15) is 0 Å². The zero-order valence-electron chi connectivity index (χ0n) is 14.2. The van der Waals surface area contributed by atoms with Crippen LogP contribution in [0, 0.1) is 0 Å². The van der Waals surface area contributed by atoms with Gasteiger partial charge in [0.25, 0.3) is 0 Å². The lowest BCUT2D eigenvalue weighted by molar-refractivity contribution is 0.0120. The van der Waals surface area contributed by atoms with Crippen molar-refractivity contribution in [2.24, 2.45) is 0 Å². The Hall–Kier alpha value is -0.800. The van der Waals surface area contributed by atoms with Crippen molar-refractivity contribution >= 4 is 0 Å². The Balaban J connectivity index is 2.06. The summed E-state index contributed by atoms with van der Waals surface area (Å²) < 4.78 is 7.90. The lowest BCUT2D eigenvalue weighted by Crippen LogP contribution is -2.24. The van der Waals surface area contributed by atoms with Crippen LogP contribution in [-0.4, -0.2) is 23.8 Å². The van der Waals surface area contributed by atoms with Crippen molar-refractivity contribution in [2.75, 3.05) is 13.7 Å². The van der Waals surface area contributed by atoms with E-state index in [1.54, 1.807) is 12.7 Å². The van der Waals surface area contributed by atoms with Gasteiger partial charge in [0.05, 0.1) is 5.60 Å². The number of rotatable bonds is 7. The molecule has 0 saturated carbocycles. The van der Waals surface area contributed by atoms with E-state index in [2.05, 4.69) is 43.0 Å². The summed E-state index contributed by atoms with van der Waals surface area (Å²) in [6.45, 7) is 8.71. The average Bonchev–Trinajstić information content (AvgIpc) is 2.79. The fraction of sp³-hybridized carbons (Fsp3) is 0.778. The second kappa shape index (κ2) is 7.46. The van der Waals surface area contributed by atoms with Crippen molar-refractivity contribution in [1.29, 1.82) is 0 Å². The SMILES string of the molecule is CCCNC1CCCCc2cn(CCC(C)(C)OC)cc21. The molecule has 0 amide bonds. The summed E-state index contributed by atoms with van der Waals surface area (Å²) in [5, 5.41) is 3.73. The smallest absolute Gasteiger partial charge is 0.0639 e. The van der Waals surface area contributed by atoms with Gasteiger partial charge in [-0.25, -0.2) is 0 Å². The second-order valence-electron chi connectivity index (χ2n) is 6.94. The van der Waals surface area contributed by atoms with Crippen molar-refractivity contribution in [1.82, 2.24) is 9.88 Å². The van der Waals surface area contributed by atoms with Crippen LogP contribution < -0.4 is 5.32 Å². The highest BCUT2D eigenvalue weighted by atomic mass is 16.5. The molecule has 1 N–H and O–H groups in total. The van der Waals surface area contributed by atoms with E-state index in [9.17, 15) is 0 Å². The Morgan fingerprint density at radius 3 is 2.86 bits per heavy atom. The van der Waals surface area contributed by atoms with Gasteiger partial charge in [-0.05, 0) is 63.6 Å². The molecule has 1 aliphatic rings. The monoisotopic (exact) mass is 292 g/mol. The van der Waals surface area contributed by atoms with E-state index in [1.165, 1.54) is 37.7 Å². The quantitative estimate of drug-likeness (QED) is 0.767. The van der Waals surface area contributed by atoms with Crippen molar-refractivity contribution in [2.45, 2.75) is 77.5 Å². The van der Waals surface area contributed by atoms with Gasteiger partial charge in [-0.2, -0.15) is 0 Å². The van der Waals surface area contributed by atoms with Crippen molar-refractivity contribution < 1.29 is 4.74 Å². The molecule has 0 aliphatic heterocycles. The van der Waals surface area contributed by atoms with Gasteiger partial charge in [-0.1, -0.05) is 13.3 Å². The van der Waals surface area contributed by atoms with Crippen LogP contribution in [0.2, 0.25) is 0 Å². The van der Waals surface area contributed by atoms with Crippen LogP contribution >= 0.6 is 0 Å². The Bertz CT molecular complexity index is 436. The van der Waals surface area contributed by atoms with Crippen LogP contribution in [0.1, 0.15) is 70.0 Å². The Morgan fingerprint density at radius 2 is 2.14 bits per heavy atom. The van der Waals surface area contributed by atoms with Crippen molar-refractivity contribution in [3.05, 3.63) is 23.5 Å². The zero-order valence-corrected chi connectivity index (χ0v) is 14.2. The molecule has 21 heavy (non-hydrogen) atoms. The van der Waals surface area contributed by atoms with E-state index in [-0.39, 0.29) is 5.60 Å². The lowest BCUT2D eigenvalue weighted by Gasteiger charge is -2.23. The topological polar surface area (TPSA) is 26.2 Å². The Morgan fingerprint density at radius 1 is 1.33 bits per heavy atom. The van der Waals surface area contributed by atoms with E-state index in [4.69, 9.17) is 4.74 Å². The highest BCUT2D eigenvalue weighted by Crippen LogP contribution is 2.30. The first-order chi connectivity index (χ1) is 10.1. The Kier molecular flexibility index (Phi) is 5.88. The molecule has 1 heterocycles. The molecule has 120 valence electrons. The molecule has 2 rings (SSSR count). The van der Waals surface area contributed by atoms with Gasteiger partial charge in [0, 0.05) is 32.1 Å². The van der Waals surface area contributed by atoms with E-state index in [0.717, 1.165) is 19.5 Å². The minimum Gasteiger partial charge on any atom is -0.379 e. The van der Waals surface area contributed by atoms with Crippen LogP contribution in [0.4, 0.5) is 0 Å².